The van der Waals surface area contributed by atoms with Gasteiger partial charge in [-0.1, -0.05) is 12.1 Å². The summed E-state index contributed by atoms with van der Waals surface area (Å²) < 4.78 is 7.73. The highest BCUT2D eigenvalue weighted by atomic mass is 16.5. The Morgan fingerprint density at radius 3 is 2.80 bits per heavy atom. The summed E-state index contributed by atoms with van der Waals surface area (Å²) in [4.78, 5) is 0. The third-order valence-corrected chi connectivity index (χ3v) is 5.08. The summed E-state index contributed by atoms with van der Waals surface area (Å²) in [6.07, 6.45) is 0.517. The summed E-state index contributed by atoms with van der Waals surface area (Å²) in [7, 11) is 1.65. The van der Waals surface area contributed by atoms with E-state index in [0.717, 1.165) is 48.5 Å². The van der Waals surface area contributed by atoms with E-state index in [1.54, 1.807) is 14.0 Å². The van der Waals surface area contributed by atoms with Gasteiger partial charge >= 0.3 is 0 Å². The Bertz CT molecular complexity index is 912. The van der Waals surface area contributed by atoms with Crippen LogP contribution in [-0.4, -0.2) is 29.9 Å². The summed E-state index contributed by atoms with van der Waals surface area (Å²) >= 11 is 0. The summed E-state index contributed by atoms with van der Waals surface area (Å²) in [6, 6.07) is 14.8. The molecule has 1 aliphatic heterocycles. The zero-order valence-corrected chi connectivity index (χ0v) is 14.7. The first-order valence-electron chi connectivity index (χ1n) is 8.86. The molecule has 0 amide bonds. The molecule has 0 spiro atoms. The monoisotopic (exact) mass is 336 g/mol. The van der Waals surface area contributed by atoms with Crippen LogP contribution in [0.2, 0.25) is 0 Å². The molecule has 130 valence electrons. The lowest BCUT2D eigenvalue weighted by atomic mass is 9.95. The summed E-state index contributed by atoms with van der Waals surface area (Å²) in [5, 5.41) is 14.9. The SMILES string of the molecule is COc1ccc(-c2ccc3c(c2)cc2n3CCNCC2)c(C(C)O)c1. The maximum Gasteiger partial charge on any atom is 0.119 e. The molecule has 1 atom stereocenters. The second kappa shape index (κ2) is 6.54. The third-order valence-electron chi connectivity index (χ3n) is 5.08. The van der Waals surface area contributed by atoms with Gasteiger partial charge in [-0.15, -0.1) is 0 Å². The number of aliphatic hydroxyl groups is 1. The molecule has 4 nitrogen and oxygen atoms in total. The minimum absolute atomic E-state index is 0.544. The van der Waals surface area contributed by atoms with Crippen molar-refractivity contribution in [1.82, 2.24) is 9.88 Å². The number of rotatable bonds is 3. The Balaban J connectivity index is 1.83. The lowest BCUT2D eigenvalue weighted by Crippen LogP contribution is -2.17. The van der Waals surface area contributed by atoms with Crippen molar-refractivity contribution < 1.29 is 9.84 Å². The van der Waals surface area contributed by atoms with Crippen LogP contribution in [0.4, 0.5) is 0 Å². The van der Waals surface area contributed by atoms with Crippen molar-refractivity contribution >= 4 is 10.9 Å². The smallest absolute Gasteiger partial charge is 0.119 e. The highest BCUT2D eigenvalue weighted by molar-refractivity contribution is 5.87. The molecule has 25 heavy (non-hydrogen) atoms. The van der Waals surface area contributed by atoms with Gasteiger partial charge in [-0.25, -0.2) is 0 Å². The average molecular weight is 336 g/mol. The Labute approximate surface area is 148 Å². The van der Waals surface area contributed by atoms with Crippen LogP contribution in [0.25, 0.3) is 22.0 Å². The molecule has 4 rings (SSSR count). The Kier molecular flexibility index (Phi) is 4.24. The van der Waals surface area contributed by atoms with Crippen molar-refractivity contribution in [2.75, 3.05) is 20.2 Å². The molecule has 0 saturated heterocycles. The van der Waals surface area contributed by atoms with Crippen LogP contribution in [0, 0.1) is 0 Å². The summed E-state index contributed by atoms with van der Waals surface area (Å²) in [6.45, 7) is 4.86. The molecular weight excluding hydrogens is 312 g/mol. The Morgan fingerprint density at radius 1 is 1.12 bits per heavy atom. The quantitative estimate of drug-likeness (QED) is 0.769. The van der Waals surface area contributed by atoms with E-state index in [9.17, 15) is 5.11 Å². The van der Waals surface area contributed by atoms with Crippen LogP contribution < -0.4 is 10.1 Å². The van der Waals surface area contributed by atoms with Crippen LogP contribution in [0.3, 0.4) is 0 Å². The zero-order valence-electron chi connectivity index (χ0n) is 14.7. The van der Waals surface area contributed by atoms with E-state index < -0.39 is 6.10 Å². The van der Waals surface area contributed by atoms with Gasteiger partial charge in [0.25, 0.3) is 0 Å². The lowest BCUT2D eigenvalue weighted by molar-refractivity contribution is 0.199. The van der Waals surface area contributed by atoms with E-state index in [-0.39, 0.29) is 0 Å². The second-order valence-corrected chi connectivity index (χ2v) is 6.69. The second-order valence-electron chi connectivity index (χ2n) is 6.69. The molecule has 0 radical (unpaired) electrons. The number of aromatic nitrogens is 1. The first kappa shape index (κ1) is 16.2. The molecule has 1 unspecified atom stereocenters. The van der Waals surface area contributed by atoms with Crippen molar-refractivity contribution in [3.05, 3.63) is 53.7 Å². The van der Waals surface area contributed by atoms with E-state index in [1.807, 2.05) is 18.2 Å². The molecule has 0 saturated carbocycles. The number of nitrogens with one attached hydrogen (secondary N) is 1. The van der Waals surface area contributed by atoms with Gasteiger partial charge in [0.15, 0.2) is 0 Å². The van der Waals surface area contributed by atoms with E-state index in [4.69, 9.17) is 4.74 Å². The van der Waals surface area contributed by atoms with Gasteiger partial charge in [0, 0.05) is 42.7 Å². The van der Waals surface area contributed by atoms with Crippen molar-refractivity contribution in [3.8, 4) is 16.9 Å². The van der Waals surface area contributed by atoms with Crippen LogP contribution in [0.5, 0.6) is 5.75 Å². The van der Waals surface area contributed by atoms with Gasteiger partial charge in [-0.3, -0.25) is 0 Å². The first-order chi connectivity index (χ1) is 12.2. The molecule has 1 aliphatic rings. The highest BCUT2D eigenvalue weighted by Gasteiger charge is 2.15. The molecular formula is C21H24N2O2. The van der Waals surface area contributed by atoms with Gasteiger partial charge in [0.05, 0.1) is 13.2 Å². The zero-order chi connectivity index (χ0) is 17.4. The van der Waals surface area contributed by atoms with Gasteiger partial charge < -0.3 is 19.7 Å². The first-order valence-corrected chi connectivity index (χ1v) is 8.86. The number of fused-ring (bicyclic) bond motifs is 3. The highest BCUT2D eigenvalue weighted by Crippen LogP contribution is 2.34. The van der Waals surface area contributed by atoms with Crippen LogP contribution in [0.15, 0.2) is 42.5 Å². The van der Waals surface area contributed by atoms with Gasteiger partial charge in [0.2, 0.25) is 0 Å². The fourth-order valence-corrected chi connectivity index (χ4v) is 3.78. The van der Waals surface area contributed by atoms with E-state index in [2.05, 4.69) is 34.1 Å². The fourth-order valence-electron chi connectivity index (χ4n) is 3.78. The maximum absolute atomic E-state index is 10.2. The standard InChI is InChI=1S/C21H24N2O2/c1-14(24)20-13-18(25-2)4-5-19(20)15-3-6-21-16(11-15)12-17-7-8-22-9-10-23(17)21/h3-6,11-14,22,24H,7-10H2,1-2H3. The number of hydrogen-bond acceptors (Lipinski definition) is 3. The maximum atomic E-state index is 10.2. The van der Waals surface area contributed by atoms with Gasteiger partial charge in [-0.2, -0.15) is 0 Å². The van der Waals surface area contributed by atoms with Crippen molar-refractivity contribution in [1.29, 1.82) is 0 Å². The van der Waals surface area contributed by atoms with E-state index >= 15 is 0 Å². The normalized spacial score (nSPS) is 15.6. The minimum Gasteiger partial charge on any atom is -0.497 e. The molecule has 0 fully saturated rings. The number of benzene rings is 2. The predicted octanol–water partition coefficient (Wildman–Crippen LogP) is 3.52. The van der Waals surface area contributed by atoms with Gasteiger partial charge in [-0.05, 0) is 53.9 Å². The number of methoxy groups -OCH3 is 1. The number of hydrogen-bond donors (Lipinski definition) is 2. The average Bonchev–Trinajstić information content (AvgIpc) is 2.81. The Hall–Kier alpha value is -2.30. The molecule has 2 N–H and O–H groups in total. The molecule has 0 aliphatic carbocycles. The van der Waals surface area contributed by atoms with Crippen LogP contribution >= 0.6 is 0 Å². The molecule has 1 aromatic heterocycles. The number of aliphatic hydroxyl groups excluding tert-OH is 1. The minimum atomic E-state index is -0.544. The van der Waals surface area contributed by atoms with E-state index in [1.165, 1.54) is 16.6 Å². The summed E-state index contributed by atoms with van der Waals surface area (Å²) in [5.74, 6) is 0.767. The molecule has 4 heteroatoms. The third kappa shape index (κ3) is 2.92. The lowest BCUT2D eigenvalue weighted by Gasteiger charge is -2.14. The fraction of sp³-hybridized carbons (Fsp3) is 0.333. The van der Waals surface area contributed by atoms with Crippen LogP contribution in [-0.2, 0) is 13.0 Å². The largest absolute Gasteiger partial charge is 0.497 e. The van der Waals surface area contributed by atoms with Gasteiger partial charge in [0.1, 0.15) is 5.75 Å². The summed E-state index contributed by atoms with van der Waals surface area (Å²) in [5.41, 5.74) is 5.76. The molecule has 0 bridgehead atoms. The van der Waals surface area contributed by atoms with E-state index in [0.29, 0.717) is 0 Å². The Morgan fingerprint density at radius 2 is 2.00 bits per heavy atom. The molecule has 2 aromatic carbocycles. The molecule has 2 heterocycles. The van der Waals surface area contributed by atoms with Crippen molar-refractivity contribution in [2.24, 2.45) is 0 Å². The predicted molar refractivity (Wildman–Crippen MR) is 101 cm³/mol. The number of nitrogens with zero attached hydrogens (tertiary/aromatic N) is 1. The van der Waals surface area contributed by atoms with Crippen molar-refractivity contribution in [3.63, 3.8) is 0 Å². The van der Waals surface area contributed by atoms with Crippen molar-refractivity contribution in [2.45, 2.75) is 26.0 Å². The van der Waals surface area contributed by atoms with Crippen LogP contribution in [0.1, 0.15) is 24.3 Å². The topological polar surface area (TPSA) is 46.4 Å². The number of ether oxygens (including phenoxy) is 1. The molecule has 3 aromatic rings.